The third-order valence-corrected chi connectivity index (χ3v) is 3.52. The molecule has 0 saturated heterocycles. The number of carbonyl (C=O) groups excluding carboxylic acids is 2. The van der Waals surface area contributed by atoms with Crippen LogP contribution in [0.25, 0.3) is 10.9 Å². The van der Waals surface area contributed by atoms with E-state index in [0.29, 0.717) is 5.56 Å². The number of nitrogens with zero attached hydrogens (tertiary/aromatic N) is 1. The Morgan fingerprint density at radius 3 is 2.35 bits per heavy atom. The van der Waals surface area contributed by atoms with Crippen molar-refractivity contribution in [2.24, 2.45) is 5.73 Å². The molecule has 3 aromatic rings. The summed E-state index contributed by atoms with van der Waals surface area (Å²) in [5.41, 5.74) is 7.00. The predicted octanol–water partition coefficient (Wildman–Crippen LogP) is 2.19. The number of hydrogen-bond acceptors (Lipinski definition) is 3. The van der Waals surface area contributed by atoms with Crippen LogP contribution in [0.2, 0.25) is 0 Å². The number of rotatable bonds is 4. The van der Waals surface area contributed by atoms with E-state index in [9.17, 15) is 9.59 Å². The molecule has 114 valence electrons. The molecule has 0 aliphatic rings. The van der Waals surface area contributed by atoms with Crippen molar-refractivity contribution in [2.75, 3.05) is 0 Å². The number of para-hydroxylation sites is 1. The Balaban J connectivity index is 1.87. The Kier molecular flexibility index (Phi) is 4.01. The van der Waals surface area contributed by atoms with Crippen LogP contribution >= 0.6 is 0 Å². The lowest BCUT2D eigenvalue weighted by Crippen LogP contribution is -2.37. The molecule has 3 N–H and O–H groups in total. The molecule has 1 atom stereocenters. The molecule has 3 rings (SSSR count). The number of fused-ring (bicyclic) bond motifs is 1. The van der Waals surface area contributed by atoms with E-state index in [0.717, 1.165) is 10.9 Å². The third-order valence-electron chi connectivity index (χ3n) is 3.52. The van der Waals surface area contributed by atoms with Crippen LogP contribution in [0.15, 0.2) is 66.7 Å². The van der Waals surface area contributed by atoms with Gasteiger partial charge in [-0.1, -0.05) is 54.6 Å². The first-order chi connectivity index (χ1) is 11.1. The van der Waals surface area contributed by atoms with Crippen LogP contribution < -0.4 is 11.1 Å². The summed E-state index contributed by atoms with van der Waals surface area (Å²) < 4.78 is 0. The van der Waals surface area contributed by atoms with Gasteiger partial charge in [0, 0.05) is 5.39 Å². The van der Waals surface area contributed by atoms with Crippen molar-refractivity contribution in [2.45, 2.75) is 6.04 Å². The zero-order valence-corrected chi connectivity index (χ0v) is 12.3. The van der Waals surface area contributed by atoms with E-state index < -0.39 is 17.9 Å². The van der Waals surface area contributed by atoms with E-state index in [4.69, 9.17) is 5.73 Å². The van der Waals surface area contributed by atoms with Gasteiger partial charge in [-0.2, -0.15) is 0 Å². The van der Waals surface area contributed by atoms with Gasteiger partial charge in [0.25, 0.3) is 5.91 Å². The lowest BCUT2D eigenvalue weighted by atomic mass is 10.1. The Labute approximate surface area is 133 Å². The van der Waals surface area contributed by atoms with Gasteiger partial charge >= 0.3 is 0 Å². The van der Waals surface area contributed by atoms with Crippen molar-refractivity contribution in [3.8, 4) is 0 Å². The maximum Gasteiger partial charge on any atom is 0.270 e. The summed E-state index contributed by atoms with van der Waals surface area (Å²) >= 11 is 0. The molecule has 2 amide bonds. The van der Waals surface area contributed by atoms with E-state index in [-0.39, 0.29) is 5.69 Å². The van der Waals surface area contributed by atoms with Gasteiger partial charge in [0.15, 0.2) is 0 Å². The Bertz CT molecular complexity index is 862. The summed E-state index contributed by atoms with van der Waals surface area (Å²) in [6.45, 7) is 0. The highest BCUT2D eigenvalue weighted by Crippen LogP contribution is 2.15. The van der Waals surface area contributed by atoms with E-state index in [2.05, 4.69) is 10.3 Å². The van der Waals surface area contributed by atoms with Crippen LogP contribution in [0.4, 0.5) is 0 Å². The molecule has 0 saturated carbocycles. The van der Waals surface area contributed by atoms with Crippen molar-refractivity contribution >= 4 is 22.7 Å². The molecule has 1 aromatic heterocycles. The van der Waals surface area contributed by atoms with Crippen LogP contribution in [-0.4, -0.2) is 16.8 Å². The van der Waals surface area contributed by atoms with Gasteiger partial charge in [0.2, 0.25) is 5.91 Å². The summed E-state index contributed by atoms with van der Waals surface area (Å²) in [7, 11) is 0. The van der Waals surface area contributed by atoms with Gasteiger partial charge in [-0.25, -0.2) is 4.98 Å². The fourth-order valence-electron chi connectivity index (χ4n) is 2.36. The molecule has 2 aromatic carbocycles. The van der Waals surface area contributed by atoms with E-state index >= 15 is 0 Å². The molecule has 0 unspecified atom stereocenters. The van der Waals surface area contributed by atoms with Gasteiger partial charge in [-0.3, -0.25) is 9.59 Å². The smallest absolute Gasteiger partial charge is 0.270 e. The number of primary amides is 1. The summed E-state index contributed by atoms with van der Waals surface area (Å²) in [6, 6.07) is 18.9. The van der Waals surface area contributed by atoms with E-state index in [1.165, 1.54) is 0 Å². The van der Waals surface area contributed by atoms with Gasteiger partial charge < -0.3 is 11.1 Å². The van der Waals surface area contributed by atoms with Gasteiger partial charge in [0.05, 0.1) is 5.52 Å². The summed E-state index contributed by atoms with van der Waals surface area (Å²) in [5.74, 6) is -1.06. The van der Waals surface area contributed by atoms with Crippen LogP contribution in [0.1, 0.15) is 22.1 Å². The zero-order valence-electron chi connectivity index (χ0n) is 12.3. The first-order valence-electron chi connectivity index (χ1n) is 7.16. The number of carbonyl (C=O) groups is 2. The normalized spacial score (nSPS) is 11.8. The summed E-state index contributed by atoms with van der Waals surface area (Å²) in [4.78, 5) is 28.4. The first kappa shape index (κ1) is 14.7. The molecular weight excluding hydrogens is 290 g/mol. The number of hydrogen-bond donors (Lipinski definition) is 2. The van der Waals surface area contributed by atoms with Crippen molar-refractivity contribution in [1.29, 1.82) is 0 Å². The Hall–Kier alpha value is -3.21. The second-order valence-corrected chi connectivity index (χ2v) is 5.11. The van der Waals surface area contributed by atoms with Gasteiger partial charge in [-0.15, -0.1) is 0 Å². The molecule has 0 aliphatic carbocycles. The highest BCUT2D eigenvalue weighted by atomic mass is 16.2. The fraction of sp³-hybridized carbons (Fsp3) is 0.0556. The van der Waals surface area contributed by atoms with E-state index in [1.807, 2.05) is 36.4 Å². The molecule has 0 radical (unpaired) electrons. The molecule has 0 fully saturated rings. The maximum absolute atomic E-state index is 12.4. The Morgan fingerprint density at radius 2 is 1.61 bits per heavy atom. The highest BCUT2D eigenvalue weighted by molar-refractivity contribution is 5.97. The number of amides is 2. The van der Waals surface area contributed by atoms with Crippen molar-refractivity contribution in [3.05, 3.63) is 78.0 Å². The second kappa shape index (κ2) is 6.27. The molecule has 0 aliphatic heterocycles. The second-order valence-electron chi connectivity index (χ2n) is 5.11. The molecule has 0 spiro atoms. The first-order valence-corrected chi connectivity index (χ1v) is 7.16. The number of aromatic nitrogens is 1. The SMILES string of the molecule is NC(=O)[C@H](NC(=O)c1ccc2ccccc2n1)c1ccccc1. The topological polar surface area (TPSA) is 85.1 Å². The summed E-state index contributed by atoms with van der Waals surface area (Å²) in [5, 5.41) is 3.58. The van der Waals surface area contributed by atoms with Crippen LogP contribution in [0.3, 0.4) is 0 Å². The molecular formula is C18H15N3O2. The molecule has 1 heterocycles. The molecule has 0 bridgehead atoms. The zero-order chi connectivity index (χ0) is 16.2. The van der Waals surface area contributed by atoms with Crippen molar-refractivity contribution in [1.82, 2.24) is 10.3 Å². The lowest BCUT2D eigenvalue weighted by Gasteiger charge is -2.15. The number of benzene rings is 2. The molecule has 23 heavy (non-hydrogen) atoms. The minimum absolute atomic E-state index is 0.242. The predicted molar refractivity (Wildman–Crippen MR) is 87.6 cm³/mol. The van der Waals surface area contributed by atoms with Crippen molar-refractivity contribution in [3.63, 3.8) is 0 Å². The average molecular weight is 305 g/mol. The van der Waals surface area contributed by atoms with Crippen LogP contribution in [0.5, 0.6) is 0 Å². The fourth-order valence-corrected chi connectivity index (χ4v) is 2.36. The average Bonchev–Trinajstić information content (AvgIpc) is 2.59. The molecule has 5 heteroatoms. The number of nitrogens with one attached hydrogen (secondary N) is 1. The molecule has 5 nitrogen and oxygen atoms in total. The van der Waals surface area contributed by atoms with Crippen LogP contribution in [0, 0.1) is 0 Å². The number of pyridine rings is 1. The Morgan fingerprint density at radius 1 is 0.913 bits per heavy atom. The van der Waals surface area contributed by atoms with Crippen LogP contribution in [-0.2, 0) is 4.79 Å². The highest BCUT2D eigenvalue weighted by Gasteiger charge is 2.21. The standard InChI is InChI=1S/C18H15N3O2/c19-17(22)16(13-7-2-1-3-8-13)21-18(23)15-11-10-12-6-4-5-9-14(12)20-15/h1-11,16H,(H2,19,22)(H,21,23)/t16-/m1/s1. The minimum atomic E-state index is -0.892. The quantitative estimate of drug-likeness (QED) is 0.775. The minimum Gasteiger partial charge on any atom is -0.368 e. The number of nitrogens with two attached hydrogens (primary N) is 1. The largest absolute Gasteiger partial charge is 0.368 e. The maximum atomic E-state index is 12.4. The van der Waals surface area contributed by atoms with E-state index in [1.54, 1.807) is 30.3 Å². The van der Waals surface area contributed by atoms with Gasteiger partial charge in [-0.05, 0) is 17.7 Å². The van der Waals surface area contributed by atoms with Gasteiger partial charge in [0.1, 0.15) is 11.7 Å². The summed E-state index contributed by atoms with van der Waals surface area (Å²) in [6.07, 6.45) is 0. The third kappa shape index (κ3) is 3.18. The van der Waals surface area contributed by atoms with Crippen molar-refractivity contribution < 1.29 is 9.59 Å². The monoisotopic (exact) mass is 305 g/mol. The lowest BCUT2D eigenvalue weighted by molar-refractivity contribution is -0.120.